The second-order valence-corrected chi connectivity index (χ2v) is 7.04. The Morgan fingerprint density at radius 2 is 2.00 bits per heavy atom. The zero-order valence-electron chi connectivity index (χ0n) is 15.3. The summed E-state index contributed by atoms with van der Waals surface area (Å²) in [5.41, 5.74) is 4.91. The Morgan fingerprint density at radius 3 is 2.85 bits per heavy atom. The molecule has 0 radical (unpaired) electrons. The predicted octanol–water partition coefficient (Wildman–Crippen LogP) is 3.72. The zero-order valence-corrected chi connectivity index (χ0v) is 15.3. The van der Waals surface area contributed by atoms with Crippen molar-refractivity contribution in [1.29, 1.82) is 0 Å². The van der Waals surface area contributed by atoms with Crippen molar-refractivity contribution >= 4 is 10.9 Å². The van der Waals surface area contributed by atoms with Crippen LogP contribution >= 0.6 is 0 Å². The fourth-order valence-corrected chi connectivity index (χ4v) is 4.37. The maximum Gasteiger partial charge on any atom is 0.231 e. The average molecular weight is 350 g/mol. The molecule has 2 aliphatic heterocycles. The first kappa shape index (κ1) is 15.6. The van der Waals surface area contributed by atoms with Crippen LogP contribution in [0.3, 0.4) is 0 Å². The lowest BCUT2D eigenvalue weighted by atomic mass is 9.94. The van der Waals surface area contributed by atoms with Gasteiger partial charge in [0.2, 0.25) is 12.5 Å². The van der Waals surface area contributed by atoms with E-state index in [4.69, 9.17) is 14.2 Å². The first-order chi connectivity index (χ1) is 12.7. The van der Waals surface area contributed by atoms with Crippen molar-refractivity contribution in [3.63, 3.8) is 0 Å². The van der Waals surface area contributed by atoms with Crippen LogP contribution in [0.2, 0.25) is 0 Å². The fourth-order valence-electron chi connectivity index (χ4n) is 4.37. The van der Waals surface area contributed by atoms with E-state index < -0.39 is 0 Å². The number of hydrogen-bond donors (Lipinski definition) is 0. The molecule has 3 aromatic rings. The van der Waals surface area contributed by atoms with E-state index in [0.717, 1.165) is 30.2 Å². The van der Waals surface area contributed by atoms with Crippen molar-refractivity contribution in [2.45, 2.75) is 19.5 Å². The van der Waals surface area contributed by atoms with Crippen molar-refractivity contribution in [2.24, 2.45) is 0 Å². The van der Waals surface area contributed by atoms with Crippen molar-refractivity contribution in [3.8, 4) is 17.2 Å². The Bertz CT molecular complexity index is 1010. The van der Waals surface area contributed by atoms with Gasteiger partial charge in [-0.15, -0.1) is 0 Å². The summed E-state index contributed by atoms with van der Waals surface area (Å²) in [4.78, 5) is 2.38. The van der Waals surface area contributed by atoms with Crippen LogP contribution in [0.25, 0.3) is 10.9 Å². The normalized spacial score (nSPS) is 19.0. The van der Waals surface area contributed by atoms with Gasteiger partial charge in [0.05, 0.1) is 7.11 Å². The lowest BCUT2D eigenvalue weighted by Crippen LogP contribution is -2.37. The fraction of sp³-hybridized carbons (Fsp3) is 0.333. The first-order valence-corrected chi connectivity index (χ1v) is 8.95. The number of methoxy groups -OCH3 is 1. The van der Waals surface area contributed by atoms with Crippen molar-refractivity contribution in [1.82, 2.24) is 9.47 Å². The van der Waals surface area contributed by atoms with Crippen LogP contribution in [0.5, 0.6) is 17.2 Å². The minimum absolute atomic E-state index is 0.0584. The summed E-state index contributed by atoms with van der Waals surface area (Å²) < 4.78 is 19.6. The second kappa shape index (κ2) is 5.68. The molecule has 0 amide bonds. The molecule has 5 heteroatoms. The number of benzene rings is 2. The summed E-state index contributed by atoms with van der Waals surface area (Å²) in [5.74, 6) is 2.31. The molecule has 2 aromatic carbocycles. The molecule has 3 heterocycles. The largest absolute Gasteiger partial charge is 0.492 e. The number of likely N-dealkylation sites (N-methyl/N-ethyl adjacent to an activating group) is 1. The van der Waals surface area contributed by atoms with Gasteiger partial charge in [0.15, 0.2) is 11.5 Å². The summed E-state index contributed by atoms with van der Waals surface area (Å²) in [7, 11) is 3.88. The van der Waals surface area contributed by atoms with E-state index in [-0.39, 0.29) is 13.0 Å². The van der Waals surface area contributed by atoms with E-state index in [1.807, 2.05) is 0 Å². The maximum absolute atomic E-state index is 5.84. The molecule has 134 valence electrons. The summed E-state index contributed by atoms with van der Waals surface area (Å²) in [6.07, 6.45) is 1.02. The standard InChI is InChI=1S/C21H22N2O3/c1-13-10-14-6-4-5-7-16(14)23(13)21-18-15(8-9-22(21)2)11-17-19(20(18)24-3)26-12-25-17/h4-7,10-11,21H,8-9,12H2,1-3H3/t21-/m1/s1. The van der Waals surface area contributed by atoms with E-state index in [9.17, 15) is 0 Å². The van der Waals surface area contributed by atoms with E-state index in [1.54, 1.807) is 7.11 Å². The monoisotopic (exact) mass is 350 g/mol. The van der Waals surface area contributed by atoms with Crippen LogP contribution in [-0.4, -0.2) is 37.0 Å². The predicted molar refractivity (Wildman–Crippen MR) is 100 cm³/mol. The van der Waals surface area contributed by atoms with Crippen LogP contribution in [0.1, 0.15) is 23.0 Å². The molecule has 0 saturated heterocycles. The highest BCUT2D eigenvalue weighted by molar-refractivity contribution is 5.81. The van der Waals surface area contributed by atoms with Crippen LogP contribution in [0.15, 0.2) is 36.4 Å². The molecule has 26 heavy (non-hydrogen) atoms. The quantitative estimate of drug-likeness (QED) is 0.706. The molecule has 5 nitrogen and oxygen atoms in total. The number of fused-ring (bicyclic) bond motifs is 3. The Hall–Kier alpha value is -2.66. The third-order valence-electron chi connectivity index (χ3n) is 5.54. The third kappa shape index (κ3) is 2.07. The van der Waals surface area contributed by atoms with Gasteiger partial charge in [0.25, 0.3) is 0 Å². The van der Waals surface area contributed by atoms with Crippen molar-refractivity contribution in [2.75, 3.05) is 27.5 Å². The molecule has 0 unspecified atom stereocenters. The van der Waals surface area contributed by atoms with Crippen LogP contribution in [0, 0.1) is 6.92 Å². The number of aryl methyl sites for hydroxylation is 1. The number of nitrogens with zero attached hydrogens (tertiary/aromatic N) is 2. The first-order valence-electron chi connectivity index (χ1n) is 8.95. The zero-order chi connectivity index (χ0) is 17.8. The van der Waals surface area contributed by atoms with Gasteiger partial charge < -0.3 is 18.8 Å². The van der Waals surface area contributed by atoms with Gasteiger partial charge in [-0.1, -0.05) is 18.2 Å². The van der Waals surface area contributed by atoms with Gasteiger partial charge in [0, 0.05) is 23.3 Å². The number of para-hydroxylation sites is 1. The molecular formula is C21H22N2O3. The van der Waals surface area contributed by atoms with Gasteiger partial charge >= 0.3 is 0 Å². The average Bonchev–Trinajstić information content (AvgIpc) is 3.23. The van der Waals surface area contributed by atoms with Gasteiger partial charge in [-0.05, 0) is 49.5 Å². The van der Waals surface area contributed by atoms with E-state index in [1.165, 1.54) is 27.7 Å². The lowest BCUT2D eigenvalue weighted by molar-refractivity contribution is 0.170. The van der Waals surface area contributed by atoms with E-state index in [0.29, 0.717) is 0 Å². The summed E-state index contributed by atoms with van der Waals surface area (Å²) in [6, 6.07) is 12.9. The van der Waals surface area contributed by atoms with Crippen molar-refractivity contribution < 1.29 is 14.2 Å². The Morgan fingerprint density at radius 1 is 1.15 bits per heavy atom. The number of hydrogen-bond acceptors (Lipinski definition) is 4. The third-order valence-corrected chi connectivity index (χ3v) is 5.54. The SMILES string of the molecule is COc1c2c(cc3c1[C@@H](n1c(C)cc4ccccc41)N(C)CC3)OCO2. The Kier molecular flexibility index (Phi) is 3.40. The summed E-state index contributed by atoms with van der Waals surface area (Å²) >= 11 is 0. The Labute approximate surface area is 152 Å². The van der Waals surface area contributed by atoms with Crippen LogP contribution in [-0.2, 0) is 6.42 Å². The molecule has 1 aromatic heterocycles. The molecule has 0 aliphatic carbocycles. The smallest absolute Gasteiger partial charge is 0.231 e. The number of aromatic nitrogens is 1. The number of rotatable bonds is 2. The minimum Gasteiger partial charge on any atom is -0.492 e. The molecule has 0 saturated carbocycles. The van der Waals surface area contributed by atoms with E-state index in [2.05, 4.69) is 59.8 Å². The van der Waals surface area contributed by atoms with Crippen molar-refractivity contribution in [3.05, 3.63) is 53.2 Å². The molecular weight excluding hydrogens is 328 g/mol. The summed E-state index contributed by atoms with van der Waals surface area (Å²) in [6.45, 7) is 3.40. The molecule has 0 N–H and O–H groups in total. The second-order valence-electron chi connectivity index (χ2n) is 7.04. The van der Waals surface area contributed by atoms with Crippen LogP contribution < -0.4 is 14.2 Å². The molecule has 0 fully saturated rings. The minimum atomic E-state index is 0.0584. The van der Waals surface area contributed by atoms with Gasteiger partial charge in [0.1, 0.15) is 6.17 Å². The Balaban J connectivity index is 1.80. The van der Waals surface area contributed by atoms with Gasteiger partial charge in [-0.2, -0.15) is 0 Å². The molecule has 5 rings (SSSR count). The molecule has 0 bridgehead atoms. The summed E-state index contributed by atoms with van der Waals surface area (Å²) in [5, 5.41) is 1.25. The molecule has 2 aliphatic rings. The van der Waals surface area contributed by atoms with Crippen LogP contribution in [0.4, 0.5) is 0 Å². The highest BCUT2D eigenvalue weighted by atomic mass is 16.7. The van der Waals surface area contributed by atoms with E-state index >= 15 is 0 Å². The molecule has 0 spiro atoms. The lowest BCUT2D eigenvalue weighted by Gasteiger charge is -2.37. The number of ether oxygens (including phenoxy) is 3. The highest BCUT2D eigenvalue weighted by Crippen LogP contribution is 2.50. The van der Waals surface area contributed by atoms with Gasteiger partial charge in [-0.25, -0.2) is 0 Å². The maximum atomic E-state index is 5.84. The van der Waals surface area contributed by atoms with Gasteiger partial charge in [-0.3, -0.25) is 4.90 Å². The topological polar surface area (TPSA) is 35.9 Å². The highest BCUT2D eigenvalue weighted by Gasteiger charge is 2.35. The molecule has 1 atom stereocenters.